The average molecular weight is 315 g/mol. The van der Waals surface area contributed by atoms with Crippen LogP contribution in [-0.4, -0.2) is 19.5 Å². The van der Waals surface area contributed by atoms with E-state index >= 15 is 0 Å². The lowest BCUT2D eigenvalue weighted by molar-refractivity contribution is 0.886. The molecule has 0 aliphatic heterocycles. The summed E-state index contributed by atoms with van der Waals surface area (Å²) in [6.07, 6.45) is 1.58. The summed E-state index contributed by atoms with van der Waals surface area (Å²) in [7, 11) is 2.02. The Labute approximate surface area is 140 Å². The molecule has 2 heterocycles. The summed E-state index contributed by atoms with van der Waals surface area (Å²) in [6.45, 7) is 2.00. The van der Waals surface area contributed by atoms with Crippen LogP contribution in [0.1, 0.15) is 5.82 Å². The van der Waals surface area contributed by atoms with E-state index in [2.05, 4.69) is 30.9 Å². The molecule has 0 spiro atoms. The summed E-state index contributed by atoms with van der Waals surface area (Å²) >= 11 is 0. The minimum Gasteiger partial charge on any atom is -0.340 e. The number of hydrogen-bond acceptors (Lipinski definition) is 4. The van der Waals surface area contributed by atoms with Crippen LogP contribution in [0.5, 0.6) is 0 Å². The average Bonchev–Trinajstić information content (AvgIpc) is 2.90. The summed E-state index contributed by atoms with van der Waals surface area (Å²) in [5.41, 5.74) is 5.00. The normalized spacial score (nSPS) is 10.9. The lowest BCUT2D eigenvalue weighted by atomic mass is 10.1. The Kier molecular flexibility index (Phi) is 3.46. The van der Waals surface area contributed by atoms with E-state index in [-0.39, 0.29) is 0 Å². The molecular weight excluding hydrogens is 298 g/mol. The number of nitrogens with one attached hydrogen (secondary N) is 1. The lowest BCUT2D eigenvalue weighted by Crippen LogP contribution is -1.95. The Morgan fingerprint density at radius 1 is 0.958 bits per heavy atom. The molecule has 0 fully saturated rings. The molecule has 0 radical (unpaired) electrons. The lowest BCUT2D eigenvalue weighted by Gasteiger charge is -2.07. The predicted molar refractivity (Wildman–Crippen MR) is 96.2 cm³/mol. The van der Waals surface area contributed by atoms with Gasteiger partial charge in [-0.3, -0.25) is 0 Å². The van der Waals surface area contributed by atoms with Crippen molar-refractivity contribution < 1.29 is 0 Å². The first-order valence-corrected chi connectivity index (χ1v) is 7.78. The van der Waals surface area contributed by atoms with Crippen molar-refractivity contribution in [3.8, 4) is 11.3 Å². The van der Waals surface area contributed by atoms with E-state index in [0.717, 1.165) is 39.6 Å². The third kappa shape index (κ3) is 2.60. The van der Waals surface area contributed by atoms with Crippen molar-refractivity contribution in [2.75, 3.05) is 5.32 Å². The fraction of sp³-hybridized carbons (Fsp3) is 0.105. The Morgan fingerprint density at radius 2 is 1.79 bits per heavy atom. The number of hydrogen-bond donors (Lipinski definition) is 1. The standard InChI is InChI=1S/C19H17N5/c1-13-22-17-10-15(8-9-18(17)24(13)2)23-19-11-16(20-12-21-19)14-6-4-3-5-7-14/h3-12H,1-2H3,(H,20,21,23). The highest BCUT2D eigenvalue weighted by Crippen LogP contribution is 2.23. The summed E-state index contributed by atoms with van der Waals surface area (Å²) in [5.74, 6) is 1.76. The van der Waals surface area contributed by atoms with Crippen molar-refractivity contribution in [3.05, 3.63) is 66.7 Å². The maximum absolute atomic E-state index is 4.57. The number of aryl methyl sites for hydroxylation is 2. The Bertz CT molecular complexity index is 1000. The molecule has 0 aliphatic rings. The third-order valence-corrected chi connectivity index (χ3v) is 4.11. The number of imidazole rings is 1. The maximum atomic E-state index is 4.57. The molecule has 2 aromatic heterocycles. The topological polar surface area (TPSA) is 55.6 Å². The highest BCUT2D eigenvalue weighted by molar-refractivity contribution is 5.81. The van der Waals surface area contributed by atoms with Gasteiger partial charge in [0.05, 0.1) is 16.7 Å². The van der Waals surface area contributed by atoms with E-state index in [0.29, 0.717) is 0 Å². The van der Waals surface area contributed by atoms with Gasteiger partial charge in [-0.1, -0.05) is 30.3 Å². The van der Waals surface area contributed by atoms with Gasteiger partial charge in [0.25, 0.3) is 0 Å². The molecule has 118 valence electrons. The molecule has 0 saturated carbocycles. The van der Waals surface area contributed by atoms with Gasteiger partial charge in [0, 0.05) is 24.4 Å². The Morgan fingerprint density at radius 3 is 2.62 bits per heavy atom. The van der Waals surface area contributed by atoms with E-state index in [1.165, 1.54) is 0 Å². The van der Waals surface area contributed by atoms with Crippen molar-refractivity contribution in [3.63, 3.8) is 0 Å². The van der Waals surface area contributed by atoms with E-state index in [1.807, 2.05) is 62.5 Å². The third-order valence-electron chi connectivity index (χ3n) is 4.11. The first-order valence-electron chi connectivity index (χ1n) is 7.78. The van der Waals surface area contributed by atoms with Crippen molar-refractivity contribution in [2.24, 2.45) is 7.05 Å². The summed E-state index contributed by atoms with van der Waals surface area (Å²) in [5, 5.41) is 3.33. The van der Waals surface area contributed by atoms with Gasteiger partial charge in [0.2, 0.25) is 0 Å². The van der Waals surface area contributed by atoms with Crippen LogP contribution in [0.3, 0.4) is 0 Å². The highest BCUT2D eigenvalue weighted by Gasteiger charge is 2.06. The highest BCUT2D eigenvalue weighted by atomic mass is 15.1. The molecule has 5 nitrogen and oxygen atoms in total. The van der Waals surface area contributed by atoms with Crippen LogP contribution < -0.4 is 5.32 Å². The number of benzene rings is 2. The Balaban J connectivity index is 1.66. The zero-order chi connectivity index (χ0) is 16.5. The van der Waals surface area contributed by atoms with Crippen molar-refractivity contribution in [2.45, 2.75) is 6.92 Å². The SMILES string of the molecule is Cc1nc2cc(Nc3cc(-c4ccccc4)ncn3)ccc2n1C. The van der Waals surface area contributed by atoms with Crippen molar-refractivity contribution in [1.29, 1.82) is 0 Å². The molecule has 5 heteroatoms. The molecule has 24 heavy (non-hydrogen) atoms. The Hall–Kier alpha value is -3.21. The van der Waals surface area contributed by atoms with Gasteiger partial charge in [0.1, 0.15) is 18.0 Å². The van der Waals surface area contributed by atoms with E-state index in [9.17, 15) is 0 Å². The van der Waals surface area contributed by atoms with E-state index < -0.39 is 0 Å². The fourth-order valence-corrected chi connectivity index (χ4v) is 2.74. The zero-order valence-electron chi connectivity index (χ0n) is 13.6. The number of anilines is 2. The van der Waals surface area contributed by atoms with Gasteiger partial charge >= 0.3 is 0 Å². The second-order valence-electron chi connectivity index (χ2n) is 5.70. The molecule has 0 unspecified atom stereocenters. The quantitative estimate of drug-likeness (QED) is 0.619. The molecule has 0 atom stereocenters. The van der Waals surface area contributed by atoms with Crippen LogP contribution in [0, 0.1) is 6.92 Å². The molecule has 1 N–H and O–H groups in total. The van der Waals surface area contributed by atoms with Crippen molar-refractivity contribution >= 4 is 22.5 Å². The molecule has 4 rings (SSSR count). The minimum absolute atomic E-state index is 0.760. The van der Waals surface area contributed by atoms with Crippen LogP contribution >= 0.6 is 0 Å². The molecule has 4 aromatic rings. The second kappa shape index (κ2) is 5.77. The number of nitrogens with zero attached hydrogens (tertiary/aromatic N) is 4. The summed E-state index contributed by atoms with van der Waals surface area (Å²) in [4.78, 5) is 13.2. The second-order valence-corrected chi connectivity index (χ2v) is 5.70. The van der Waals surface area contributed by atoms with Gasteiger partial charge in [-0.15, -0.1) is 0 Å². The molecule has 0 saturated heterocycles. The van der Waals surface area contributed by atoms with Gasteiger partial charge < -0.3 is 9.88 Å². The molecule has 0 amide bonds. The molecule has 0 bridgehead atoms. The van der Waals surface area contributed by atoms with Crippen LogP contribution in [0.2, 0.25) is 0 Å². The fourth-order valence-electron chi connectivity index (χ4n) is 2.74. The smallest absolute Gasteiger partial charge is 0.134 e. The first kappa shape index (κ1) is 14.4. The molecule has 0 aliphatic carbocycles. The van der Waals surface area contributed by atoms with Crippen LogP contribution in [0.4, 0.5) is 11.5 Å². The first-order chi connectivity index (χ1) is 11.7. The summed E-state index contributed by atoms with van der Waals surface area (Å²) < 4.78 is 2.08. The van der Waals surface area contributed by atoms with E-state index in [1.54, 1.807) is 6.33 Å². The molecular formula is C19H17N5. The van der Waals surface area contributed by atoms with Gasteiger partial charge in [0.15, 0.2) is 0 Å². The monoisotopic (exact) mass is 315 g/mol. The number of aromatic nitrogens is 4. The maximum Gasteiger partial charge on any atom is 0.134 e. The van der Waals surface area contributed by atoms with Crippen LogP contribution in [0.25, 0.3) is 22.3 Å². The van der Waals surface area contributed by atoms with Crippen LogP contribution in [0.15, 0.2) is 60.9 Å². The molecule has 2 aromatic carbocycles. The summed E-state index contributed by atoms with van der Waals surface area (Å²) in [6, 6.07) is 18.2. The number of fused-ring (bicyclic) bond motifs is 1. The van der Waals surface area contributed by atoms with Crippen LogP contribution in [-0.2, 0) is 7.05 Å². The largest absolute Gasteiger partial charge is 0.340 e. The van der Waals surface area contributed by atoms with Gasteiger partial charge in [-0.05, 0) is 25.1 Å². The van der Waals surface area contributed by atoms with Crippen molar-refractivity contribution in [1.82, 2.24) is 19.5 Å². The van der Waals surface area contributed by atoms with E-state index in [4.69, 9.17) is 0 Å². The number of rotatable bonds is 3. The van der Waals surface area contributed by atoms with Gasteiger partial charge in [-0.25, -0.2) is 15.0 Å². The minimum atomic E-state index is 0.760. The van der Waals surface area contributed by atoms with Gasteiger partial charge in [-0.2, -0.15) is 0 Å². The predicted octanol–water partition coefficient (Wildman–Crippen LogP) is 4.08. The zero-order valence-corrected chi connectivity index (χ0v) is 13.6.